The SMILES string of the molecule is CNC(=O)CCON=C1CN(c2ncc(-c3cccc(COC(=O)NC(=N)N)c3F)cn2)C1. The van der Waals surface area contributed by atoms with Gasteiger partial charge >= 0.3 is 6.09 Å². The number of nitrogens with zero attached hydrogens (tertiary/aromatic N) is 4. The maximum atomic E-state index is 14.9. The highest BCUT2D eigenvalue weighted by atomic mass is 19.1. The highest BCUT2D eigenvalue weighted by molar-refractivity contribution is 5.98. The van der Waals surface area contributed by atoms with Gasteiger partial charge in [-0.1, -0.05) is 23.4 Å². The number of amides is 2. The molecular weight excluding hydrogens is 435 g/mol. The van der Waals surface area contributed by atoms with Gasteiger partial charge in [0.05, 0.1) is 25.2 Å². The van der Waals surface area contributed by atoms with Crippen LogP contribution in [0, 0.1) is 11.2 Å². The Hall–Kier alpha value is -4.29. The van der Waals surface area contributed by atoms with Gasteiger partial charge in [-0.15, -0.1) is 0 Å². The van der Waals surface area contributed by atoms with Gasteiger partial charge in [-0.3, -0.25) is 15.5 Å². The second-order valence-corrected chi connectivity index (χ2v) is 6.94. The van der Waals surface area contributed by atoms with Gasteiger partial charge < -0.3 is 25.5 Å². The summed E-state index contributed by atoms with van der Waals surface area (Å²) in [5.74, 6) is -0.798. The fourth-order valence-corrected chi connectivity index (χ4v) is 2.82. The Morgan fingerprint density at radius 1 is 1.30 bits per heavy atom. The quantitative estimate of drug-likeness (QED) is 0.194. The van der Waals surface area contributed by atoms with E-state index in [4.69, 9.17) is 20.7 Å². The van der Waals surface area contributed by atoms with Crippen molar-refractivity contribution >= 4 is 29.6 Å². The first-order valence-corrected chi connectivity index (χ1v) is 9.88. The first kappa shape index (κ1) is 23.4. The van der Waals surface area contributed by atoms with Crippen molar-refractivity contribution in [1.82, 2.24) is 20.6 Å². The minimum absolute atomic E-state index is 0.119. The number of hydrogen-bond acceptors (Lipinski definition) is 9. The predicted molar refractivity (Wildman–Crippen MR) is 117 cm³/mol. The van der Waals surface area contributed by atoms with E-state index in [0.717, 1.165) is 5.71 Å². The molecule has 3 rings (SSSR count). The average molecular weight is 458 g/mol. The van der Waals surface area contributed by atoms with Gasteiger partial charge in [0.15, 0.2) is 5.96 Å². The molecule has 2 aromatic rings. The third-order valence-electron chi connectivity index (χ3n) is 4.55. The number of nitrogens with two attached hydrogens (primary N) is 1. The van der Waals surface area contributed by atoms with Gasteiger partial charge in [-0.25, -0.2) is 19.2 Å². The molecule has 0 aliphatic carbocycles. The van der Waals surface area contributed by atoms with Crippen LogP contribution in [0.1, 0.15) is 12.0 Å². The van der Waals surface area contributed by atoms with Crippen molar-refractivity contribution in [2.75, 3.05) is 31.6 Å². The number of rotatable bonds is 8. The van der Waals surface area contributed by atoms with Crippen molar-refractivity contribution in [3.63, 3.8) is 0 Å². The molecule has 1 saturated heterocycles. The number of benzene rings is 1. The van der Waals surface area contributed by atoms with Crippen molar-refractivity contribution in [3.05, 3.63) is 42.0 Å². The summed E-state index contributed by atoms with van der Waals surface area (Å²) in [6, 6.07) is 4.67. The number of aromatic nitrogens is 2. The zero-order valence-corrected chi connectivity index (χ0v) is 17.8. The number of carbonyl (C=O) groups excluding carboxylic acids is 2. The Bertz CT molecular complexity index is 1050. The van der Waals surface area contributed by atoms with Crippen molar-refractivity contribution in [2.45, 2.75) is 13.0 Å². The summed E-state index contributed by atoms with van der Waals surface area (Å²) in [7, 11) is 1.56. The number of ether oxygens (including phenoxy) is 1. The molecule has 2 heterocycles. The van der Waals surface area contributed by atoms with Crippen molar-refractivity contribution < 1.29 is 23.6 Å². The van der Waals surface area contributed by atoms with E-state index in [1.54, 1.807) is 19.2 Å². The summed E-state index contributed by atoms with van der Waals surface area (Å²) >= 11 is 0. The third kappa shape index (κ3) is 6.35. The molecule has 0 bridgehead atoms. The first-order chi connectivity index (χ1) is 15.9. The second-order valence-electron chi connectivity index (χ2n) is 6.94. The largest absolute Gasteiger partial charge is 0.444 e. The maximum Gasteiger partial charge on any atom is 0.414 e. The Balaban J connectivity index is 1.56. The number of halogens is 1. The summed E-state index contributed by atoms with van der Waals surface area (Å²) in [6.07, 6.45) is 2.29. The van der Waals surface area contributed by atoms with Gasteiger partial charge in [0.2, 0.25) is 11.9 Å². The monoisotopic (exact) mass is 458 g/mol. The fourth-order valence-electron chi connectivity index (χ4n) is 2.82. The van der Waals surface area contributed by atoms with Crippen molar-refractivity contribution in [2.24, 2.45) is 10.9 Å². The summed E-state index contributed by atoms with van der Waals surface area (Å²) in [5.41, 5.74) is 6.70. The zero-order chi connectivity index (χ0) is 23.8. The van der Waals surface area contributed by atoms with E-state index in [1.165, 1.54) is 18.5 Å². The Morgan fingerprint density at radius 3 is 2.70 bits per heavy atom. The van der Waals surface area contributed by atoms with E-state index in [9.17, 15) is 14.0 Å². The van der Waals surface area contributed by atoms with Crippen LogP contribution in [0.3, 0.4) is 0 Å². The molecule has 0 spiro atoms. The average Bonchev–Trinajstić information content (AvgIpc) is 2.76. The van der Waals surface area contributed by atoms with E-state index >= 15 is 0 Å². The van der Waals surface area contributed by atoms with Crippen molar-refractivity contribution in [1.29, 1.82) is 5.41 Å². The maximum absolute atomic E-state index is 14.9. The number of carbonyl (C=O) groups is 2. The Labute approximate surface area is 188 Å². The highest BCUT2D eigenvalue weighted by Gasteiger charge is 2.25. The topological polar surface area (TPSA) is 168 Å². The Morgan fingerprint density at radius 2 is 2.03 bits per heavy atom. The zero-order valence-electron chi connectivity index (χ0n) is 17.8. The minimum atomic E-state index is -0.950. The number of alkyl carbamates (subject to hydrolysis) is 1. The number of anilines is 1. The van der Waals surface area contributed by atoms with Crippen LogP contribution in [0.5, 0.6) is 0 Å². The van der Waals surface area contributed by atoms with Crippen LogP contribution in [0.15, 0.2) is 35.7 Å². The number of nitrogens with one attached hydrogen (secondary N) is 3. The third-order valence-corrected chi connectivity index (χ3v) is 4.55. The molecule has 1 aromatic carbocycles. The van der Waals surface area contributed by atoms with Gasteiger partial charge in [-0.05, 0) is 0 Å². The molecule has 1 aliphatic rings. The van der Waals surface area contributed by atoms with E-state index in [0.29, 0.717) is 24.6 Å². The van der Waals surface area contributed by atoms with Gasteiger partial charge in [0.25, 0.3) is 0 Å². The molecule has 1 aliphatic heterocycles. The van der Waals surface area contributed by atoms with Crippen LogP contribution in [0.25, 0.3) is 11.1 Å². The molecule has 33 heavy (non-hydrogen) atoms. The summed E-state index contributed by atoms with van der Waals surface area (Å²) in [6.45, 7) is 0.843. The smallest absolute Gasteiger partial charge is 0.414 e. The Kier molecular flexibility index (Phi) is 7.68. The number of hydrogen-bond donors (Lipinski definition) is 4. The molecule has 0 radical (unpaired) electrons. The van der Waals surface area contributed by atoms with Crippen LogP contribution < -0.4 is 21.3 Å². The fraction of sp³-hybridized carbons (Fsp3) is 0.300. The van der Waals surface area contributed by atoms with E-state index < -0.39 is 17.9 Å². The first-order valence-electron chi connectivity index (χ1n) is 9.88. The summed E-state index contributed by atoms with van der Waals surface area (Å²) in [4.78, 5) is 38.1. The molecule has 0 saturated carbocycles. The molecule has 0 atom stereocenters. The summed E-state index contributed by atoms with van der Waals surface area (Å²) in [5, 5.41) is 15.4. The lowest BCUT2D eigenvalue weighted by atomic mass is 10.1. The predicted octanol–water partition coefficient (Wildman–Crippen LogP) is 0.731. The van der Waals surface area contributed by atoms with Crippen LogP contribution in [-0.4, -0.2) is 60.4 Å². The molecule has 5 N–H and O–H groups in total. The minimum Gasteiger partial charge on any atom is -0.444 e. The highest BCUT2D eigenvalue weighted by Crippen LogP contribution is 2.26. The van der Waals surface area contributed by atoms with Crippen LogP contribution >= 0.6 is 0 Å². The normalized spacial score (nSPS) is 12.4. The standard InChI is InChI=1S/C20H23FN8O4/c1-24-16(30)5-6-33-28-14-9-29(10-14)19-25-7-13(8-26-19)15-4-2-3-12(17(15)21)11-32-20(31)27-18(22)23/h2-4,7-8H,5-6,9-11H2,1H3,(H,24,30)(H4,22,23,27,31). The van der Waals surface area contributed by atoms with Gasteiger partial charge in [0, 0.05) is 36.1 Å². The van der Waals surface area contributed by atoms with E-state index in [2.05, 4.69) is 20.4 Å². The lowest BCUT2D eigenvalue weighted by Gasteiger charge is -2.31. The molecule has 2 amide bonds. The second kappa shape index (κ2) is 10.8. The molecular formula is C20H23FN8O4. The molecule has 1 aromatic heterocycles. The van der Waals surface area contributed by atoms with Crippen LogP contribution in [0.2, 0.25) is 0 Å². The van der Waals surface area contributed by atoms with Crippen molar-refractivity contribution in [3.8, 4) is 11.1 Å². The molecule has 174 valence electrons. The number of guanidine groups is 1. The lowest BCUT2D eigenvalue weighted by molar-refractivity contribution is -0.121. The van der Waals surface area contributed by atoms with E-state index in [-0.39, 0.29) is 36.7 Å². The van der Waals surface area contributed by atoms with Gasteiger partial charge in [-0.2, -0.15) is 0 Å². The molecule has 0 unspecified atom stereocenters. The molecule has 13 heteroatoms. The van der Waals surface area contributed by atoms with E-state index in [1.807, 2.05) is 10.2 Å². The lowest BCUT2D eigenvalue weighted by Crippen LogP contribution is -2.48. The molecule has 12 nitrogen and oxygen atoms in total. The molecule has 1 fully saturated rings. The summed E-state index contributed by atoms with van der Waals surface area (Å²) < 4.78 is 19.7. The van der Waals surface area contributed by atoms with Crippen LogP contribution in [0.4, 0.5) is 15.1 Å². The number of oxime groups is 1. The van der Waals surface area contributed by atoms with Gasteiger partial charge in [0.1, 0.15) is 19.0 Å². The van der Waals surface area contributed by atoms with Crippen LogP contribution in [-0.2, 0) is 21.0 Å².